The summed E-state index contributed by atoms with van der Waals surface area (Å²) in [5, 5.41) is 4.65. The molecule has 0 radical (unpaired) electrons. The number of benzene rings is 5. The molecule has 1 heterocycles. The Morgan fingerprint density at radius 2 is 1.00 bits per heavy atom. The Morgan fingerprint density at radius 1 is 0.595 bits per heavy atom. The van der Waals surface area contributed by atoms with Gasteiger partial charge in [-0.3, -0.25) is 9.59 Å². The summed E-state index contributed by atoms with van der Waals surface area (Å²) in [6.45, 7) is 1.91. The molecule has 1 fully saturated rings. The molecule has 1 aliphatic heterocycles. The van der Waals surface area contributed by atoms with Crippen LogP contribution in [-0.4, -0.2) is 11.8 Å². The number of rotatable bonds is 1. The van der Waals surface area contributed by atoms with Gasteiger partial charge in [0.05, 0.1) is 17.5 Å². The summed E-state index contributed by atoms with van der Waals surface area (Å²) in [5.41, 5.74) is 12.8. The smallest absolute Gasteiger partial charge is 0.238 e. The van der Waals surface area contributed by atoms with E-state index < -0.39 is 11.8 Å². The quantitative estimate of drug-likeness (QED) is 0.227. The van der Waals surface area contributed by atoms with Gasteiger partial charge in [-0.2, -0.15) is 0 Å². The Labute approximate surface area is 214 Å². The average molecular weight is 481 g/mol. The summed E-state index contributed by atoms with van der Waals surface area (Å²) in [6, 6.07) is 31.1. The minimum absolute atomic E-state index is 0.101. The van der Waals surface area contributed by atoms with Gasteiger partial charge < -0.3 is 5.73 Å². The van der Waals surface area contributed by atoms with Crippen LogP contribution >= 0.6 is 0 Å². The van der Waals surface area contributed by atoms with Crippen LogP contribution in [-0.2, 0) is 9.59 Å². The molecule has 4 aliphatic rings. The maximum Gasteiger partial charge on any atom is 0.238 e. The van der Waals surface area contributed by atoms with E-state index in [-0.39, 0.29) is 23.7 Å². The van der Waals surface area contributed by atoms with Gasteiger partial charge in [0.25, 0.3) is 0 Å². The highest BCUT2D eigenvalue weighted by molar-refractivity contribution is 6.24. The lowest BCUT2D eigenvalue weighted by molar-refractivity contribution is -0.122. The first kappa shape index (κ1) is 20.7. The molecular formula is C33H24N2O2. The molecule has 4 heteroatoms. The number of nitrogen functional groups attached to an aromatic ring is 1. The lowest BCUT2D eigenvalue weighted by Gasteiger charge is -2.46. The largest absolute Gasteiger partial charge is 0.399 e. The highest BCUT2D eigenvalue weighted by Crippen LogP contribution is 2.62. The van der Waals surface area contributed by atoms with E-state index in [1.807, 2.05) is 19.1 Å². The molecule has 0 saturated carbocycles. The van der Waals surface area contributed by atoms with Crippen molar-refractivity contribution in [3.63, 3.8) is 0 Å². The van der Waals surface area contributed by atoms with Crippen molar-refractivity contribution in [2.75, 3.05) is 10.6 Å². The third kappa shape index (κ3) is 2.62. The van der Waals surface area contributed by atoms with Gasteiger partial charge in [-0.05, 0) is 74.5 Å². The molecule has 5 aromatic rings. The number of aryl methyl sites for hydroxylation is 1. The molecule has 4 nitrogen and oxygen atoms in total. The van der Waals surface area contributed by atoms with Crippen molar-refractivity contribution in [2.45, 2.75) is 18.8 Å². The first-order valence-electron chi connectivity index (χ1n) is 12.8. The van der Waals surface area contributed by atoms with E-state index >= 15 is 0 Å². The van der Waals surface area contributed by atoms with Crippen molar-refractivity contribution in [3.8, 4) is 0 Å². The van der Waals surface area contributed by atoms with E-state index in [1.165, 1.54) is 27.2 Å². The summed E-state index contributed by atoms with van der Waals surface area (Å²) >= 11 is 0. The molecule has 3 aliphatic carbocycles. The van der Waals surface area contributed by atoms with Gasteiger partial charge in [0.15, 0.2) is 0 Å². The summed E-state index contributed by atoms with van der Waals surface area (Å²) in [7, 11) is 0. The highest BCUT2D eigenvalue weighted by atomic mass is 16.2. The number of fused-ring (bicyclic) bond motifs is 2. The SMILES string of the molecule is Cc1cc(N)ccc1N1C(=O)C2C3c4cc5ccccc5cc4C(c4cc5ccccc5cc43)C2C1=O. The van der Waals surface area contributed by atoms with Gasteiger partial charge in [0.2, 0.25) is 11.8 Å². The van der Waals surface area contributed by atoms with Gasteiger partial charge in [-0.25, -0.2) is 4.90 Å². The van der Waals surface area contributed by atoms with Crippen LogP contribution in [0.1, 0.15) is 39.7 Å². The van der Waals surface area contributed by atoms with Gasteiger partial charge in [0, 0.05) is 17.5 Å². The van der Waals surface area contributed by atoms with E-state index in [2.05, 4.69) is 72.8 Å². The topological polar surface area (TPSA) is 63.4 Å². The second-order valence-electron chi connectivity index (χ2n) is 10.7. The van der Waals surface area contributed by atoms with Crippen molar-refractivity contribution in [3.05, 3.63) is 119 Å². The molecule has 178 valence electrons. The predicted molar refractivity (Wildman–Crippen MR) is 147 cm³/mol. The summed E-state index contributed by atoms with van der Waals surface area (Å²) in [6.07, 6.45) is 0. The van der Waals surface area contributed by atoms with Crippen molar-refractivity contribution >= 4 is 44.7 Å². The minimum atomic E-state index is -0.420. The Balaban J connectivity index is 1.41. The Bertz CT molecular complexity index is 1640. The third-order valence-corrected chi connectivity index (χ3v) is 8.82. The van der Waals surface area contributed by atoms with Crippen molar-refractivity contribution in [1.82, 2.24) is 0 Å². The van der Waals surface area contributed by atoms with E-state index in [9.17, 15) is 9.59 Å². The summed E-state index contributed by atoms with van der Waals surface area (Å²) in [5.74, 6) is -1.37. The van der Waals surface area contributed by atoms with Crippen molar-refractivity contribution in [1.29, 1.82) is 0 Å². The fourth-order valence-corrected chi connectivity index (χ4v) is 7.32. The maximum absolute atomic E-state index is 14.2. The van der Waals surface area contributed by atoms with Crippen molar-refractivity contribution < 1.29 is 9.59 Å². The number of imide groups is 1. The van der Waals surface area contributed by atoms with E-state index in [0.29, 0.717) is 11.4 Å². The first-order valence-corrected chi connectivity index (χ1v) is 12.8. The summed E-state index contributed by atoms with van der Waals surface area (Å²) in [4.78, 5) is 29.8. The molecule has 2 N–H and O–H groups in total. The molecule has 2 atom stereocenters. The Kier molecular flexibility index (Phi) is 3.96. The molecule has 2 unspecified atom stereocenters. The highest BCUT2D eigenvalue weighted by Gasteiger charge is 2.62. The molecule has 0 spiro atoms. The molecule has 37 heavy (non-hydrogen) atoms. The number of nitrogens with two attached hydrogens (primary N) is 1. The third-order valence-electron chi connectivity index (χ3n) is 8.82. The number of carbonyl (C=O) groups excluding carboxylic acids is 2. The molecule has 2 amide bonds. The second-order valence-corrected chi connectivity index (χ2v) is 10.7. The lowest BCUT2D eigenvalue weighted by atomic mass is 9.54. The predicted octanol–water partition coefficient (Wildman–Crippen LogP) is 6.28. The zero-order chi connectivity index (χ0) is 25.0. The number of hydrogen-bond acceptors (Lipinski definition) is 3. The van der Waals surface area contributed by atoms with Crippen LogP contribution in [0, 0.1) is 18.8 Å². The molecule has 9 rings (SSSR count). The molecule has 2 bridgehead atoms. The van der Waals surface area contributed by atoms with Crippen LogP contribution in [0.2, 0.25) is 0 Å². The zero-order valence-corrected chi connectivity index (χ0v) is 20.3. The van der Waals surface area contributed by atoms with Crippen LogP contribution in [0.25, 0.3) is 21.5 Å². The van der Waals surface area contributed by atoms with Gasteiger partial charge >= 0.3 is 0 Å². The summed E-state index contributed by atoms with van der Waals surface area (Å²) < 4.78 is 0. The normalized spacial score (nSPS) is 23.4. The second kappa shape index (κ2) is 7.07. The fourth-order valence-electron chi connectivity index (χ4n) is 7.32. The molecule has 0 aromatic heterocycles. The number of amides is 2. The fraction of sp³-hybridized carbons (Fsp3) is 0.152. The Hall–Kier alpha value is -4.44. The number of carbonyl (C=O) groups is 2. The van der Waals surface area contributed by atoms with E-state index in [4.69, 9.17) is 5.73 Å². The van der Waals surface area contributed by atoms with Gasteiger partial charge in [-0.1, -0.05) is 72.8 Å². The number of nitrogens with zero attached hydrogens (tertiary/aromatic N) is 1. The van der Waals surface area contributed by atoms with E-state index in [0.717, 1.165) is 27.1 Å². The average Bonchev–Trinajstić information content (AvgIpc) is 3.16. The zero-order valence-electron chi connectivity index (χ0n) is 20.3. The van der Waals surface area contributed by atoms with Crippen LogP contribution in [0.15, 0.2) is 91.0 Å². The molecule has 1 saturated heterocycles. The first-order chi connectivity index (χ1) is 18.0. The molecule has 5 aromatic carbocycles. The number of anilines is 2. The minimum Gasteiger partial charge on any atom is -0.399 e. The molecular weight excluding hydrogens is 456 g/mol. The number of hydrogen-bond donors (Lipinski definition) is 1. The van der Waals surface area contributed by atoms with Crippen LogP contribution in [0.5, 0.6) is 0 Å². The lowest BCUT2D eigenvalue weighted by Crippen LogP contribution is -2.41. The maximum atomic E-state index is 14.2. The van der Waals surface area contributed by atoms with Crippen molar-refractivity contribution in [2.24, 2.45) is 11.8 Å². The van der Waals surface area contributed by atoms with Crippen LogP contribution in [0.3, 0.4) is 0 Å². The van der Waals surface area contributed by atoms with Gasteiger partial charge in [0.1, 0.15) is 0 Å². The van der Waals surface area contributed by atoms with E-state index in [1.54, 1.807) is 6.07 Å². The Morgan fingerprint density at radius 3 is 1.38 bits per heavy atom. The standard InChI is InChI=1S/C33H24N2O2/c1-17-12-22(34)10-11-27(17)35-32(36)30-28-23-13-18-6-2-3-7-19(18)14-24(23)29(31(30)33(35)37)26-16-21-9-5-4-8-20(21)15-25(26)28/h2-16,28-31H,34H2,1H3. The monoisotopic (exact) mass is 480 g/mol. The van der Waals surface area contributed by atoms with Crippen LogP contribution < -0.4 is 10.6 Å². The van der Waals surface area contributed by atoms with Gasteiger partial charge in [-0.15, -0.1) is 0 Å². The van der Waals surface area contributed by atoms with Crippen LogP contribution in [0.4, 0.5) is 11.4 Å².